The Morgan fingerprint density at radius 3 is 2.65 bits per heavy atom. The molecule has 104 valence electrons. The van der Waals surface area contributed by atoms with Crippen LogP contribution in [0.4, 0.5) is 0 Å². The summed E-state index contributed by atoms with van der Waals surface area (Å²) in [5.41, 5.74) is 2.23. The smallest absolute Gasteiger partial charge is 0.252 e. The molecule has 1 atom stereocenters. The van der Waals surface area contributed by atoms with Crippen LogP contribution in [0.2, 0.25) is 0 Å². The molecule has 6 nitrogen and oxygen atoms in total. The van der Waals surface area contributed by atoms with E-state index in [1.807, 2.05) is 32.0 Å². The van der Waals surface area contributed by atoms with E-state index in [1.165, 1.54) is 11.0 Å². The van der Waals surface area contributed by atoms with Gasteiger partial charge < -0.3 is 9.84 Å². The zero-order valence-corrected chi connectivity index (χ0v) is 11.4. The molecule has 0 saturated carbocycles. The summed E-state index contributed by atoms with van der Waals surface area (Å²) in [6.07, 6.45) is 0.697. The molecule has 6 heteroatoms. The maximum absolute atomic E-state index is 9.89. The maximum Gasteiger partial charge on any atom is 0.252 e. The first-order chi connectivity index (χ1) is 9.56. The van der Waals surface area contributed by atoms with Crippen LogP contribution in [0.25, 0.3) is 0 Å². The molecule has 1 unspecified atom stereocenters. The van der Waals surface area contributed by atoms with Gasteiger partial charge in [0.15, 0.2) is 0 Å². The average Bonchev–Trinajstić information content (AvgIpc) is 2.83. The van der Waals surface area contributed by atoms with E-state index in [0.29, 0.717) is 0 Å². The van der Waals surface area contributed by atoms with Gasteiger partial charge in [-0.05, 0) is 37.1 Å². The molecule has 0 aliphatic rings. The molecule has 0 spiro atoms. The van der Waals surface area contributed by atoms with E-state index in [4.69, 9.17) is 10.00 Å². The molecule has 20 heavy (non-hydrogen) atoms. The van der Waals surface area contributed by atoms with Gasteiger partial charge >= 0.3 is 0 Å². The van der Waals surface area contributed by atoms with E-state index >= 15 is 0 Å². The number of nitriles is 1. The Kier molecular flexibility index (Phi) is 4.33. The SMILES string of the molecule is Cc1cc(C)cc(OCC(O)Cn2cnc(C#N)n2)c1. The largest absolute Gasteiger partial charge is 0.491 e. The third kappa shape index (κ3) is 3.80. The maximum atomic E-state index is 9.89. The lowest BCUT2D eigenvalue weighted by Gasteiger charge is -2.13. The molecule has 2 rings (SSSR count). The Bertz CT molecular complexity index is 610. The third-order valence-corrected chi connectivity index (χ3v) is 2.67. The van der Waals surface area contributed by atoms with Crippen molar-refractivity contribution in [1.29, 1.82) is 5.26 Å². The van der Waals surface area contributed by atoms with Crippen LogP contribution < -0.4 is 4.74 Å². The van der Waals surface area contributed by atoms with Crippen LogP contribution in [0.1, 0.15) is 17.0 Å². The fraction of sp³-hybridized carbons (Fsp3) is 0.357. The number of nitrogens with zero attached hydrogens (tertiary/aromatic N) is 4. The van der Waals surface area contributed by atoms with E-state index in [1.54, 1.807) is 0 Å². The van der Waals surface area contributed by atoms with E-state index in [2.05, 4.69) is 16.1 Å². The topological polar surface area (TPSA) is 84.0 Å². The lowest BCUT2D eigenvalue weighted by atomic mass is 10.1. The van der Waals surface area contributed by atoms with Crippen molar-refractivity contribution in [3.05, 3.63) is 41.5 Å². The summed E-state index contributed by atoms with van der Waals surface area (Å²) in [5.74, 6) is 0.824. The number of hydrogen-bond donors (Lipinski definition) is 1. The van der Waals surface area contributed by atoms with Crippen LogP contribution in [0, 0.1) is 25.2 Å². The molecule has 0 radical (unpaired) electrons. The van der Waals surface area contributed by atoms with Crippen LogP contribution in [0.3, 0.4) is 0 Å². The van der Waals surface area contributed by atoms with E-state index in [9.17, 15) is 5.11 Å². The average molecular weight is 272 g/mol. The summed E-state index contributed by atoms with van der Waals surface area (Å²) < 4.78 is 6.98. The summed E-state index contributed by atoms with van der Waals surface area (Å²) in [5, 5.41) is 22.4. The number of aryl methyl sites for hydroxylation is 2. The molecule has 1 heterocycles. The number of ether oxygens (including phenoxy) is 1. The molecule has 0 amide bonds. The first-order valence-electron chi connectivity index (χ1n) is 6.25. The van der Waals surface area contributed by atoms with Gasteiger partial charge in [0.1, 0.15) is 30.9 Å². The zero-order chi connectivity index (χ0) is 14.5. The lowest BCUT2D eigenvalue weighted by Crippen LogP contribution is -2.24. The summed E-state index contributed by atoms with van der Waals surface area (Å²) >= 11 is 0. The fourth-order valence-corrected chi connectivity index (χ4v) is 1.91. The van der Waals surface area contributed by atoms with Crippen molar-refractivity contribution >= 4 is 0 Å². The van der Waals surface area contributed by atoms with Crippen molar-refractivity contribution in [1.82, 2.24) is 14.8 Å². The van der Waals surface area contributed by atoms with Crippen LogP contribution in [-0.2, 0) is 6.54 Å². The summed E-state index contributed by atoms with van der Waals surface area (Å²) in [4.78, 5) is 3.77. The molecule has 2 aromatic rings. The quantitative estimate of drug-likeness (QED) is 0.884. The zero-order valence-electron chi connectivity index (χ0n) is 11.4. The molecule has 0 saturated heterocycles. The van der Waals surface area contributed by atoms with Crippen LogP contribution in [-0.4, -0.2) is 32.6 Å². The Morgan fingerprint density at radius 2 is 2.05 bits per heavy atom. The van der Waals surface area contributed by atoms with Gasteiger partial charge in [0.2, 0.25) is 0 Å². The molecular formula is C14H16N4O2. The van der Waals surface area contributed by atoms with Crippen molar-refractivity contribution in [3.8, 4) is 11.8 Å². The number of aliphatic hydroxyl groups excluding tert-OH is 1. The lowest BCUT2D eigenvalue weighted by molar-refractivity contribution is 0.0891. The van der Waals surface area contributed by atoms with E-state index in [0.717, 1.165) is 16.9 Å². The Balaban J connectivity index is 1.88. The highest BCUT2D eigenvalue weighted by Gasteiger charge is 2.09. The first-order valence-corrected chi connectivity index (χ1v) is 6.25. The number of benzene rings is 1. The molecule has 0 bridgehead atoms. The Morgan fingerprint density at radius 1 is 1.35 bits per heavy atom. The standard InChI is InChI=1S/C14H16N4O2/c1-10-3-11(2)5-13(4-10)20-8-12(19)7-18-9-16-14(6-15)17-18/h3-5,9,12,19H,7-8H2,1-2H3. The van der Waals surface area contributed by atoms with Crippen LogP contribution >= 0.6 is 0 Å². The van der Waals surface area contributed by atoms with Crippen molar-refractivity contribution in [2.24, 2.45) is 0 Å². The number of aliphatic hydroxyl groups is 1. The first kappa shape index (κ1) is 14.0. The minimum absolute atomic E-state index is 0.0902. The normalized spacial score (nSPS) is 11.9. The highest BCUT2D eigenvalue weighted by molar-refractivity contribution is 5.32. The second kappa shape index (κ2) is 6.17. The third-order valence-electron chi connectivity index (χ3n) is 2.67. The van der Waals surface area contributed by atoms with Crippen molar-refractivity contribution < 1.29 is 9.84 Å². The van der Waals surface area contributed by atoms with Gasteiger partial charge in [0.25, 0.3) is 5.82 Å². The van der Waals surface area contributed by atoms with Gasteiger partial charge in [0, 0.05) is 0 Å². The second-order valence-electron chi connectivity index (χ2n) is 4.69. The Labute approximate surface area is 117 Å². The van der Waals surface area contributed by atoms with Gasteiger partial charge in [-0.25, -0.2) is 9.67 Å². The summed E-state index contributed by atoms with van der Waals surface area (Å²) in [6, 6.07) is 7.73. The fourth-order valence-electron chi connectivity index (χ4n) is 1.91. The predicted octanol–water partition coefficient (Wildman–Crippen LogP) is 1.21. The molecular weight excluding hydrogens is 256 g/mol. The van der Waals surface area contributed by atoms with Gasteiger partial charge in [-0.15, -0.1) is 5.10 Å². The van der Waals surface area contributed by atoms with Crippen molar-refractivity contribution in [2.75, 3.05) is 6.61 Å². The van der Waals surface area contributed by atoms with E-state index < -0.39 is 6.10 Å². The number of hydrogen-bond acceptors (Lipinski definition) is 5. The van der Waals surface area contributed by atoms with Crippen LogP contribution in [0.15, 0.2) is 24.5 Å². The molecule has 1 aromatic carbocycles. The minimum atomic E-state index is -0.718. The van der Waals surface area contributed by atoms with Gasteiger partial charge in [0.05, 0.1) is 6.54 Å². The highest BCUT2D eigenvalue weighted by Crippen LogP contribution is 2.16. The Hall–Kier alpha value is -2.39. The van der Waals surface area contributed by atoms with Gasteiger partial charge in [-0.1, -0.05) is 6.07 Å². The molecule has 0 fully saturated rings. The highest BCUT2D eigenvalue weighted by atomic mass is 16.5. The number of rotatable bonds is 5. The molecule has 0 aliphatic heterocycles. The molecule has 0 aliphatic carbocycles. The monoisotopic (exact) mass is 272 g/mol. The summed E-state index contributed by atoms with van der Waals surface area (Å²) in [6.45, 7) is 4.38. The second-order valence-corrected chi connectivity index (χ2v) is 4.69. The molecule has 1 N–H and O–H groups in total. The van der Waals surface area contributed by atoms with Crippen LogP contribution in [0.5, 0.6) is 5.75 Å². The minimum Gasteiger partial charge on any atom is -0.491 e. The number of aromatic nitrogens is 3. The summed E-state index contributed by atoms with van der Waals surface area (Å²) in [7, 11) is 0. The van der Waals surface area contributed by atoms with Crippen molar-refractivity contribution in [3.63, 3.8) is 0 Å². The predicted molar refractivity (Wildman–Crippen MR) is 72.2 cm³/mol. The van der Waals surface area contributed by atoms with E-state index in [-0.39, 0.29) is 19.0 Å². The van der Waals surface area contributed by atoms with Gasteiger partial charge in [-0.3, -0.25) is 0 Å². The van der Waals surface area contributed by atoms with Gasteiger partial charge in [-0.2, -0.15) is 5.26 Å². The van der Waals surface area contributed by atoms with Crippen molar-refractivity contribution in [2.45, 2.75) is 26.5 Å². The molecule has 1 aromatic heterocycles.